The fraction of sp³-hybridized carbons (Fsp3) is 0.579. The summed E-state index contributed by atoms with van der Waals surface area (Å²) in [6, 6.07) is 7.82. The molecule has 26 heavy (non-hydrogen) atoms. The zero-order valence-electron chi connectivity index (χ0n) is 15.2. The highest BCUT2D eigenvalue weighted by Gasteiger charge is 2.56. The molecule has 0 spiro atoms. The summed E-state index contributed by atoms with van der Waals surface area (Å²) in [6.45, 7) is 7.33. The summed E-state index contributed by atoms with van der Waals surface area (Å²) in [5.74, 6) is 0.282. The van der Waals surface area contributed by atoms with Gasteiger partial charge in [-0.05, 0) is 37.8 Å². The van der Waals surface area contributed by atoms with Crippen molar-refractivity contribution in [3.05, 3.63) is 34.9 Å². The number of urea groups is 1. The highest BCUT2D eigenvalue weighted by atomic mass is 35.5. The van der Waals surface area contributed by atoms with E-state index in [1.807, 2.05) is 25.1 Å². The van der Waals surface area contributed by atoms with Crippen molar-refractivity contribution in [1.29, 1.82) is 0 Å². The summed E-state index contributed by atoms with van der Waals surface area (Å²) >= 11 is 6.07. The number of nitrogens with one attached hydrogen (secondary N) is 3. The van der Waals surface area contributed by atoms with E-state index in [4.69, 9.17) is 11.6 Å². The van der Waals surface area contributed by atoms with E-state index in [-0.39, 0.29) is 11.9 Å². The van der Waals surface area contributed by atoms with Crippen molar-refractivity contribution in [2.45, 2.75) is 31.8 Å². The van der Waals surface area contributed by atoms with Gasteiger partial charge in [0.25, 0.3) is 5.91 Å². The average Bonchev–Trinajstić information content (AvgIpc) is 3.43. The van der Waals surface area contributed by atoms with Gasteiger partial charge in [0, 0.05) is 10.6 Å². The molecule has 1 saturated carbocycles. The van der Waals surface area contributed by atoms with Crippen LogP contribution in [-0.2, 0) is 11.3 Å². The first-order chi connectivity index (χ1) is 12.5. The average molecular weight is 379 g/mol. The SMILES string of the molecule is C[C@]1(C2CC2)NC(=O)N(C[NH+]2CC[NH+](Cc3cccc(Cl)c3)CC2)C1=O. The largest absolute Gasteiger partial charge is 0.329 e. The third-order valence-electron chi connectivity index (χ3n) is 6.08. The molecular weight excluding hydrogens is 352 g/mol. The first-order valence-electron chi connectivity index (χ1n) is 9.51. The van der Waals surface area contributed by atoms with Crippen LogP contribution in [0.5, 0.6) is 0 Å². The highest BCUT2D eigenvalue weighted by Crippen LogP contribution is 2.42. The summed E-state index contributed by atoms with van der Waals surface area (Å²) in [5.41, 5.74) is 0.584. The van der Waals surface area contributed by atoms with Crippen LogP contribution in [0.4, 0.5) is 4.79 Å². The van der Waals surface area contributed by atoms with Crippen molar-refractivity contribution >= 4 is 23.5 Å². The molecule has 7 heteroatoms. The number of nitrogens with zero attached hydrogens (tertiary/aromatic N) is 1. The number of carbonyl (C=O) groups is 2. The molecule has 1 atom stereocenters. The zero-order chi connectivity index (χ0) is 18.3. The molecule has 0 radical (unpaired) electrons. The Hall–Kier alpha value is -1.63. The van der Waals surface area contributed by atoms with Gasteiger partial charge in [-0.25, -0.2) is 9.69 Å². The Morgan fingerprint density at radius 1 is 1.19 bits per heavy atom. The predicted octanol–water partition coefficient (Wildman–Crippen LogP) is -0.699. The summed E-state index contributed by atoms with van der Waals surface area (Å²) in [6.07, 6.45) is 2.07. The number of rotatable bonds is 5. The maximum absolute atomic E-state index is 12.7. The van der Waals surface area contributed by atoms with Crippen LogP contribution in [0, 0.1) is 5.92 Å². The minimum Gasteiger partial charge on any atom is -0.323 e. The molecule has 0 bridgehead atoms. The van der Waals surface area contributed by atoms with E-state index in [0.29, 0.717) is 12.6 Å². The molecule has 3 fully saturated rings. The van der Waals surface area contributed by atoms with Gasteiger partial charge >= 0.3 is 6.03 Å². The van der Waals surface area contributed by atoms with Gasteiger partial charge in [-0.15, -0.1) is 0 Å². The minimum atomic E-state index is -0.670. The lowest BCUT2D eigenvalue weighted by molar-refractivity contribution is -1.02. The zero-order valence-corrected chi connectivity index (χ0v) is 15.9. The Morgan fingerprint density at radius 3 is 2.54 bits per heavy atom. The second-order valence-electron chi connectivity index (χ2n) is 8.10. The third kappa shape index (κ3) is 3.46. The lowest BCUT2D eigenvalue weighted by Crippen LogP contribution is -3.28. The standard InChI is InChI=1S/C19H25ClN4O2/c1-19(15-5-6-15)17(25)24(18(26)21-19)13-23-9-7-22(8-10-23)12-14-3-2-4-16(20)11-14/h2-4,11,15H,5-10,12-13H2,1H3,(H,21,26)/p+2/t19-/m1/s1. The van der Waals surface area contributed by atoms with Crippen LogP contribution in [0.15, 0.2) is 24.3 Å². The van der Waals surface area contributed by atoms with Crippen LogP contribution in [-0.4, -0.2) is 55.2 Å². The Morgan fingerprint density at radius 2 is 1.88 bits per heavy atom. The van der Waals surface area contributed by atoms with Gasteiger partial charge in [-0.1, -0.05) is 23.7 Å². The summed E-state index contributed by atoms with van der Waals surface area (Å²) < 4.78 is 0. The molecule has 140 valence electrons. The molecule has 2 heterocycles. The molecule has 3 aliphatic rings. The first kappa shape index (κ1) is 17.8. The molecule has 2 saturated heterocycles. The molecule has 3 N–H and O–H groups in total. The van der Waals surface area contributed by atoms with Crippen molar-refractivity contribution in [3.63, 3.8) is 0 Å². The maximum Gasteiger partial charge on any atom is 0.329 e. The number of halogens is 1. The Kier molecular flexibility index (Phi) is 4.67. The monoisotopic (exact) mass is 378 g/mol. The van der Waals surface area contributed by atoms with Gasteiger partial charge in [0.1, 0.15) is 38.3 Å². The van der Waals surface area contributed by atoms with E-state index in [0.717, 1.165) is 50.6 Å². The summed E-state index contributed by atoms with van der Waals surface area (Å²) in [4.78, 5) is 29.3. The Bertz CT molecular complexity index is 715. The number of hydrogen-bond donors (Lipinski definition) is 3. The van der Waals surface area contributed by atoms with Crippen LogP contribution in [0.2, 0.25) is 5.02 Å². The topological polar surface area (TPSA) is 58.3 Å². The van der Waals surface area contributed by atoms with Crippen molar-refractivity contribution in [2.75, 3.05) is 32.8 Å². The van der Waals surface area contributed by atoms with Gasteiger partial charge < -0.3 is 15.1 Å². The number of carbonyl (C=O) groups excluding carboxylic acids is 2. The van der Waals surface area contributed by atoms with Gasteiger partial charge in [-0.3, -0.25) is 4.79 Å². The lowest BCUT2D eigenvalue weighted by atomic mass is 9.96. The molecule has 6 nitrogen and oxygen atoms in total. The Labute approximate surface area is 159 Å². The number of amides is 3. The second kappa shape index (κ2) is 6.83. The number of quaternary nitrogens is 2. The molecule has 1 aliphatic carbocycles. The number of benzene rings is 1. The summed E-state index contributed by atoms with van der Waals surface area (Å²) in [5, 5.41) is 3.72. The predicted molar refractivity (Wildman–Crippen MR) is 97.9 cm³/mol. The smallest absolute Gasteiger partial charge is 0.323 e. The van der Waals surface area contributed by atoms with Crippen LogP contribution >= 0.6 is 11.6 Å². The quantitative estimate of drug-likeness (QED) is 0.594. The minimum absolute atomic E-state index is 0.0359. The fourth-order valence-electron chi connectivity index (χ4n) is 4.25. The molecule has 4 rings (SSSR count). The van der Waals surface area contributed by atoms with Gasteiger partial charge in [0.05, 0.1) is 0 Å². The first-order valence-corrected chi connectivity index (χ1v) is 9.89. The second-order valence-corrected chi connectivity index (χ2v) is 8.54. The van der Waals surface area contributed by atoms with E-state index >= 15 is 0 Å². The van der Waals surface area contributed by atoms with Gasteiger partial charge in [0.2, 0.25) is 0 Å². The van der Waals surface area contributed by atoms with Crippen molar-refractivity contribution in [3.8, 4) is 0 Å². The molecule has 1 aromatic carbocycles. The molecule has 3 amide bonds. The lowest BCUT2D eigenvalue weighted by Gasteiger charge is -2.31. The highest BCUT2D eigenvalue weighted by molar-refractivity contribution is 6.30. The fourth-order valence-corrected chi connectivity index (χ4v) is 4.46. The normalized spacial score (nSPS) is 32.0. The van der Waals surface area contributed by atoms with Crippen LogP contribution in [0.25, 0.3) is 0 Å². The molecule has 0 aromatic heterocycles. The third-order valence-corrected chi connectivity index (χ3v) is 6.32. The van der Waals surface area contributed by atoms with E-state index < -0.39 is 5.54 Å². The maximum atomic E-state index is 12.7. The Balaban J connectivity index is 1.30. The van der Waals surface area contributed by atoms with Crippen molar-refractivity contribution in [1.82, 2.24) is 10.2 Å². The van der Waals surface area contributed by atoms with E-state index in [1.54, 1.807) is 0 Å². The van der Waals surface area contributed by atoms with E-state index in [9.17, 15) is 9.59 Å². The number of piperazine rings is 1. The molecule has 1 aromatic rings. The molecular formula is C19H27ClN4O2+2. The van der Waals surface area contributed by atoms with Crippen molar-refractivity contribution in [2.24, 2.45) is 5.92 Å². The van der Waals surface area contributed by atoms with Gasteiger partial charge in [0.15, 0.2) is 6.67 Å². The number of imide groups is 1. The van der Waals surface area contributed by atoms with Crippen LogP contribution < -0.4 is 15.1 Å². The summed E-state index contributed by atoms with van der Waals surface area (Å²) in [7, 11) is 0. The van der Waals surface area contributed by atoms with Gasteiger partial charge in [-0.2, -0.15) is 0 Å². The van der Waals surface area contributed by atoms with Crippen molar-refractivity contribution < 1.29 is 19.4 Å². The van der Waals surface area contributed by atoms with E-state index in [2.05, 4.69) is 11.4 Å². The van der Waals surface area contributed by atoms with Crippen LogP contribution in [0.1, 0.15) is 25.3 Å². The van der Waals surface area contributed by atoms with Crippen LogP contribution in [0.3, 0.4) is 0 Å². The molecule has 2 aliphatic heterocycles. The number of hydrogen-bond acceptors (Lipinski definition) is 2. The molecule has 0 unspecified atom stereocenters. The van der Waals surface area contributed by atoms with E-state index in [1.165, 1.54) is 20.3 Å².